The second-order valence-electron chi connectivity index (χ2n) is 6.67. The molecule has 0 bridgehead atoms. The van der Waals surface area contributed by atoms with Crippen LogP contribution in [0.4, 0.5) is 5.69 Å². The first kappa shape index (κ1) is 22.7. The van der Waals surface area contributed by atoms with Gasteiger partial charge in [0, 0.05) is 6.54 Å². The van der Waals surface area contributed by atoms with Crippen molar-refractivity contribution in [1.29, 1.82) is 0 Å². The number of sulfonamides is 1. The molecule has 0 aromatic heterocycles. The van der Waals surface area contributed by atoms with E-state index in [0.29, 0.717) is 11.1 Å². The van der Waals surface area contributed by atoms with Crippen molar-refractivity contribution in [1.82, 2.24) is 4.31 Å². The van der Waals surface area contributed by atoms with Gasteiger partial charge in [-0.25, -0.2) is 8.42 Å². The van der Waals surface area contributed by atoms with Crippen LogP contribution in [0, 0.1) is 27.7 Å². The van der Waals surface area contributed by atoms with Gasteiger partial charge in [0.1, 0.15) is 0 Å². The van der Waals surface area contributed by atoms with E-state index >= 15 is 0 Å². The van der Waals surface area contributed by atoms with Crippen LogP contribution in [0.1, 0.15) is 29.2 Å². The molecule has 2 aromatic carbocycles. The zero-order valence-electron chi connectivity index (χ0n) is 16.6. The van der Waals surface area contributed by atoms with Crippen molar-refractivity contribution in [2.75, 3.05) is 18.4 Å². The van der Waals surface area contributed by atoms with E-state index in [0.717, 1.165) is 15.4 Å². The van der Waals surface area contributed by atoms with Gasteiger partial charge in [0.05, 0.1) is 27.2 Å². The molecule has 0 unspecified atom stereocenters. The van der Waals surface area contributed by atoms with Crippen molar-refractivity contribution in [3.8, 4) is 0 Å². The van der Waals surface area contributed by atoms with Crippen molar-refractivity contribution in [2.24, 2.45) is 0 Å². The van der Waals surface area contributed by atoms with Gasteiger partial charge in [-0.1, -0.05) is 42.3 Å². The van der Waals surface area contributed by atoms with Gasteiger partial charge in [0.2, 0.25) is 15.9 Å². The first-order valence-corrected chi connectivity index (χ1v) is 11.0. The molecule has 1 N–H and O–H groups in total. The van der Waals surface area contributed by atoms with Crippen molar-refractivity contribution >= 4 is 44.8 Å². The fraction of sp³-hybridized carbons (Fsp3) is 0.350. The van der Waals surface area contributed by atoms with Crippen LogP contribution in [-0.2, 0) is 14.8 Å². The van der Waals surface area contributed by atoms with E-state index in [4.69, 9.17) is 23.2 Å². The number of nitrogens with zero attached hydrogens (tertiary/aromatic N) is 1. The summed E-state index contributed by atoms with van der Waals surface area (Å²) in [6.45, 7) is 8.83. The van der Waals surface area contributed by atoms with Gasteiger partial charge in [-0.15, -0.1) is 0 Å². The number of aryl methyl sites for hydroxylation is 2. The Bertz CT molecular complexity index is 974. The molecular formula is C20H24Cl2N2O3S. The molecular weight excluding hydrogens is 419 g/mol. The number of rotatable bonds is 6. The minimum Gasteiger partial charge on any atom is -0.322 e. The number of anilines is 1. The topological polar surface area (TPSA) is 66.5 Å². The van der Waals surface area contributed by atoms with Crippen molar-refractivity contribution in [3.05, 3.63) is 56.6 Å². The molecule has 0 aliphatic carbocycles. The van der Waals surface area contributed by atoms with Crippen molar-refractivity contribution in [3.63, 3.8) is 0 Å². The molecule has 1 amide bonds. The second-order valence-corrected chi connectivity index (χ2v) is 9.35. The lowest BCUT2D eigenvalue weighted by Crippen LogP contribution is -2.38. The smallest absolute Gasteiger partial charge is 0.244 e. The van der Waals surface area contributed by atoms with E-state index in [-0.39, 0.29) is 33.7 Å². The maximum Gasteiger partial charge on any atom is 0.244 e. The molecule has 0 spiro atoms. The number of halogens is 2. The quantitative estimate of drug-likeness (QED) is 0.692. The lowest BCUT2D eigenvalue weighted by atomic mass is 10.0. The molecule has 5 nitrogen and oxygen atoms in total. The third-order valence-electron chi connectivity index (χ3n) is 4.79. The van der Waals surface area contributed by atoms with Crippen LogP contribution >= 0.6 is 23.2 Å². The molecule has 2 rings (SSSR count). The number of nitrogens with one attached hydrogen (secondary N) is 1. The fourth-order valence-corrected chi connectivity index (χ4v) is 5.49. The average Bonchev–Trinajstić information content (AvgIpc) is 2.61. The first-order valence-electron chi connectivity index (χ1n) is 8.82. The van der Waals surface area contributed by atoms with E-state index in [9.17, 15) is 13.2 Å². The summed E-state index contributed by atoms with van der Waals surface area (Å²) in [6, 6.07) is 6.82. The molecule has 0 aliphatic heterocycles. The SMILES string of the molecule is CCN(CC(=O)Nc1c(Cl)cccc1Cl)S(=O)(=O)c1c(C)c(C)cc(C)c1C. The maximum atomic E-state index is 13.3. The highest BCUT2D eigenvalue weighted by Gasteiger charge is 2.29. The lowest BCUT2D eigenvalue weighted by molar-refractivity contribution is -0.116. The summed E-state index contributed by atoms with van der Waals surface area (Å²) in [5, 5.41) is 3.18. The maximum absolute atomic E-state index is 13.3. The summed E-state index contributed by atoms with van der Waals surface area (Å²) < 4.78 is 27.8. The van der Waals surface area contributed by atoms with Crippen LogP contribution in [-0.4, -0.2) is 31.7 Å². The van der Waals surface area contributed by atoms with E-state index < -0.39 is 15.9 Å². The number of likely N-dealkylation sites (N-methyl/N-ethyl adjacent to an activating group) is 1. The van der Waals surface area contributed by atoms with Crippen molar-refractivity contribution < 1.29 is 13.2 Å². The number of hydrogen-bond acceptors (Lipinski definition) is 3. The van der Waals surface area contributed by atoms with Crippen LogP contribution in [0.3, 0.4) is 0 Å². The van der Waals surface area contributed by atoms with Gasteiger partial charge >= 0.3 is 0 Å². The Hall–Kier alpha value is -1.60. The van der Waals surface area contributed by atoms with Crippen molar-refractivity contribution in [2.45, 2.75) is 39.5 Å². The Kier molecular flexibility index (Phi) is 7.15. The predicted molar refractivity (Wildman–Crippen MR) is 115 cm³/mol. The summed E-state index contributed by atoms with van der Waals surface area (Å²) in [6.07, 6.45) is 0. The Morgan fingerprint density at radius 1 is 1.04 bits per heavy atom. The van der Waals surface area contributed by atoms with Crippen LogP contribution < -0.4 is 5.32 Å². The number of hydrogen-bond donors (Lipinski definition) is 1. The standard InChI is InChI=1S/C20H24Cl2N2O3S/c1-6-24(11-18(25)23-19-16(21)8-7-9-17(19)22)28(26,27)20-14(4)12(2)10-13(3)15(20)5/h7-10H,6,11H2,1-5H3,(H,23,25). The van der Waals surface area contributed by atoms with Gasteiger partial charge in [-0.3, -0.25) is 4.79 Å². The molecule has 0 saturated heterocycles. The largest absolute Gasteiger partial charge is 0.322 e. The number of amides is 1. The second kappa shape index (κ2) is 8.82. The zero-order chi connectivity index (χ0) is 21.2. The highest BCUT2D eigenvalue weighted by molar-refractivity contribution is 7.89. The summed E-state index contributed by atoms with van der Waals surface area (Å²) in [4.78, 5) is 12.8. The van der Waals surface area contributed by atoms with E-state index in [1.807, 2.05) is 19.9 Å². The number of carbonyl (C=O) groups is 1. The van der Waals surface area contributed by atoms with Crippen LogP contribution in [0.2, 0.25) is 10.0 Å². The Morgan fingerprint density at radius 3 is 2.00 bits per heavy atom. The highest BCUT2D eigenvalue weighted by atomic mass is 35.5. The van der Waals surface area contributed by atoms with Gasteiger partial charge in [-0.2, -0.15) is 4.31 Å². The lowest BCUT2D eigenvalue weighted by Gasteiger charge is -2.24. The minimum absolute atomic E-state index is 0.151. The normalized spacial score (nSPS) is 11.7. The third kappa shape index (κ3) is 4.51. The van der Waals surface area contributed by atoms with Gasteiger partial charge < -0.3 is 5.32 Å². The molecule has 152 valence electrons. The number of carbonyl (C=O) groups excluding carboxylic acids is 1. The van der Waals surface area contributed by atoms with Crippen LogP contribution in [0.25, 0.3) is 0 Å². The third-order valence-corrected chi connectivity index (χ3v) is 7.62. The summed E-state index contributed by atoms with van der Waals surface area (Å²) in [5.41, 5.74) is 3.44. The Morgan fingerprint density at radius 2 is 1.54 bits per heavy atom. The molecule has 2 aromatic rings. The molecule has 0 heterocycles. The molecule has 0 aliphatic rings. The van der Waals surface area contributed by atoms with E-state index in [1.54, 1.807) is 39.0 Å². The van der Waals surface area contributed by atoms with Gasteiger partial charge in [0.15, 0.2) is 0 Å². The van der Waals surface area contributed by atoms with Crippen LogP contribution in [0.15, 0.2) is 29.2 Å². The minimum atomic E-state index is -3.86. The average molecular weight is 443 g/mol. The fourth-order valence-electron chi connectivity index (χ4n) is 3.02. The summed E-state index contributed by atoms with van der Waals surface area (Å²) in [5.74, 6) is -0.514. The first-order chi connectivity index (χ1) is 13.0. The highest BCUT2D eigenvalue weighted by Crippen LogP contribution is 2.31. The summed E-state index contributed by atoms with van der Waals surface area (Å²) >= 11 is 12.2. The Balaban J connectivity index is 2.36. The Labute approximate surface area is 176 Å². The summed E-state index contributed by atoms with van der Waals surface area (Å²) in [7, 11) is -3.86. The monoisotopic (exact) mass is 442 g/mol. The zero-order valence-corrected chi connectivity index (χ0v) is 18.9. The molecule has 0 fully saturated rings. The molecule has 0 atom stereocenters. The van der Waals surface area contributed by atoms with E-state index in [1.165, 1.54) is 0 Å². The molecule has 0 saturated carbocycles. The van der Waals surface area contributed by atoms with Crippen LogP contribution in [0.5, 0.6) is 0 Å². The van der Waals surface area contributed by atoms with Gasteiger partial charge in [-0.05, 0) is 62.1 Å². The predicted octanol–water partition coefficient (Wildman–Crippen LogP) is 4.88. The molecule has 28 heavy (non-hydrogen) atoms. The number of para-hydroxylation sites is 1. The molecule has 8 heteroatoms. The van der Waals surface area contributed by atoms with E-state index in [2.05, 4.69) is 5.32 Å². The molecule has 0 radical (unpaired) electrons. The number of benzene rings is 2. The van der Waals surface area contributed by atoms with Gasteiger partial charge in [0.25, 0.3) is 0 Å².